The first kappa shape index (κ1) is 34.7. The molecule has 49 heavy (non-hydrogen) atoms. The molecule has 6 rings (SSSR count). The number of aromatic nitrogens is 2. The average Bonchev–Trinajstić information content (AvgIpc) is 3.57. The van der Waals surface area contributed by atoms with Gasteiger partial charge in [0.25, 0.3) is 0 Å². The number of amidine groups is 1. The molecule has 1 spiro atoms. The van der Waals surface area contributed by atoms with Gasteiger partial charge in [-0.25, -0.2) is 14.6 Å². The lowest BCUT2D eigenvalue weighted by Gasteiger charge is -2.47. The van der Waals surface area contributed by atoms with Crippen LogP contribution in [0.3, 0.4) is 0 Å². The quantitative estimate of drug-likeness (QED) is 0.202. The van der Waals surface area contributed by atoms with Crippen LogP contribution in [0.15, 0.2) is 11.2 Å². The molecule has 4 aliphatic rings. The molecule has 2 aromatic heterocycles. The number of oxime groups is 1. The van der Waals surface area contributed by atoms with Crippen molar-refractivity contribution in [2.45, 2.75) is 83.8 Å². The molecule has 3 saturated heterocycles. The van der Waals surface area contributed by atoms with E-state index in [-0.39, 0.29) is 23.4 Å². The minimum Gasteiger partial charge on any atom is -0.444 e. The van der Waals surface area contributed by atoms with Gasteiger partial charge in [-0.1, -0.05) is 5.16 Å². The van der Waals surface area contributed by atoms with Crippen molar-refractivity contribution in [1.82, 2.24) is 19.8 Å². The monoisotopic (exact) mass is 692 g/mol. The van der Waals surface area contributed by atoms with Crippen molar-refractivity contribution < 1.29 is 19.2 Å². The van der Waals surface area contributed by atoms with Gasteiger partial charge in [0, 0.05) is 67.2 Å². The fourth-order valence-corrected chi connectivity index (χ4v) is 8.85. The van der Waals surface area contributed by atoms with Gasteiger partial charge in [-0.3, -0.25) is 0 Å². The van der Waals surface area contributed by atoms with Crippen molar-refractivity contribution in [3.8, 4) is 6.07 Å². The molecule has 0 radical (unpaired) electrons. The number of likely N-dealkylation sites (tertiary alicyclic amines) is 1. The number of nitrogen functional groups attached to an aromatic ring is 1. The lowest BCUT2D eigenvalue weighted by molar-refractivity contribution is -0.150. The number of thiophene rings is 1. The number of aryl methyl sites for hydroxylation is 1. The van der Waals surface area contributed by atoms with E-state index in [0.717, 1.165) is 63.3 Å². The van der Waals surface area contributed by atoms with Crippen LogP contribution in [0.1, 0.15) is 82.0 Å². The van der Waals surface area contributed by atoms with E-state index in [2.05, 4.69) is 39.9 Å². The third-order valence-electron chi connectivity index (χ3n) is 10.2. The van der Waals surface area contributed by atoms with Crippen molar-refractivity contribution in [2.75, 3.05) is 68.4 Å². The van der Waals surface area contributed by atoms with E-state index >= 15 is 0 Å². The molecule has 4 N–H and O–H groups in total. The molecule has 264 valence electrons. The summed E-state index contributed by atoms with van der Waals surface area (Å²) in [5.74, 6) is 0.612. The zero-order valence-electron chi connectivity index (χ0n) is 29.4. The van der Waals surface area contributed by atoms with Crippen LogP contribution in [0.25, 0.3) is 0 Å². The van der Waals surface area contributed by atoms with E-state index in [1.807, 2.05) is 20.8 Å². The lowest BCUT2D eigenvalue weighted by Crippen LogP contribution is -2.60. The summed E-state index contributed by atoms with van der Waals surface area (Å²) in [4.78, 5) is 51.1. The number of hydrogen-bond acceptors (Lipinski definition) is 13. The second-order valence-corrected chi connectivity index (χ2v) is 16.5. The second-order valence-electron chi connectivity index (χ2n) is 15.4. The van der Waals surface area contributed by atoms with Crippen molar-refractivity contribution in [1.29, 1.82) is 5.26 Å². The Balaban J connectivity index is 1.25. The number of carbonyl (C=O) groups excluding carboxylic acids is 2. The van der Waals surface area contributed by atoms with E-state index in [9.17, 15) is 14.9 Å². The maximum absolute atomic E-state index is 13.6. The van der Waals surface area contributed by atoms with Crippen LogP contribution in [-0.4, -0.2) is 102 Å². The summed E-state index contributed by atoms with van der Waals surface area (Å²) in [6.07, 6.45) is 3.60. The predicted molar refractivity (Wildman–Crippen MR) is 189 cm³/mol. The molecule has 14 nitrogen and oxygen atoms in total. The van der Waals surface area contributed by atoms with Gasteiger partial charge in [-0.05, 0) is 80.3 Å². The molecule has 3 fully saturated rings. The van der Waals surface area contributed by atoms with Crippen LogP contribution >= 0.6 is 11.3 Å². The third kappa shape index (κ3) is 6.85. The maximum Gasteiger partial charge on any atom is 0.410 e. The number of nitrogens with two attached hydrogens (primary N) is 2. The molecular formula is C34H48N10O4S. The number of nitrogens with zero attached hydrogens (tertiary/aromatic N) is 8. The summed E-state index contributed by atoms with van der Waals surface area (Å²) in [6.45, 7) is 14.9. The molecule has 0 bridgehead atoms. The largest absolute Gasteiger partial charge is 0.444 e. The number of ether oxygens (including phenoxy) is 1. The number of amides is 1. The van der Waals surface area contributed by atoms with Gasteiger partial charge < -0.3 is 40.6 Å². The minimum atomic E-state index is -1.08. The number of rotatable bonds is 5. The number of carbonyl (C=O) groups is 2. The Labute approximate surface area is 292 Å². The van der Waals surface area contributed by atoms with Crippen molar-refractivity contribution in [3.05, 3.63) is 27.8 Å². The normalized spacial score (nSPS) is 24.2. The molecule has 2 aromatic rings. The summed E-state index contributed by atoms with van der Waals surface area (Å²) in [5.41, 5.74) is 12.3. The highest BCUT2D eigenvalue weighted by Crippen LogP contribution is 2.46. The third-order valence-corrected chi connectivity index (χ3v) is 11.2. The Hall–Kier alpha value is -4.16. The molecule has 2 atom stereocenters. The number of nitriles is 1. The molecule has 15 heteroatoms. The first-order valence-electron chi connectivity index (χ1n) is 17.1. The van der Waals surface area contributed by atoms with Crippen LogP contribution in [0.5, 0.6) is 0 Å². The summed E-state index contributed by atoms with van der Waals surface area (Å²) in [5, 5.41) is 14.3. The van der Waals surface area contributed by atoms with Gasteiger partial charge in [-0.15, -0.1) is 11.3 Å². The van der Waals surface area contributed by atoms with Crippen LogP contribution in [0, 0.1) is 16.7 Å². The molecule has 1 amide bonds. The van der Waals surface area contributed by atoms with Crippen LogP contribution in [-0.2, 0) is 26.2 Å². The molecular weight excluding hydrogens is 645 g/mol. The van der Waals surface area contributed by atoms with Crippen LogP contribution in [0.2, 0.25) is 0 Å². The van der Waals surface area contributed by atoms with Crippen molar-refractivity contribution in [2.24, 2.45) is 16.3 Å². The molecule has 1 aliphatic carbocycles. The first-order valence-corrected chi connectivity index (χ1v) is 17.9. The van der Waals surface area contributed by atoms with Crippen LogP contribution < -0.4 is 21.3 Å². The number of anilines is 3. The zero-order valence-corrected chi connectivity index (χ0v) is 30.2. The smallest absolute Gasteiger partial charge is 0.410 e. The number of hydrogen-bond donors (Lipinski definition) is 2. The predicted octanol–water partition coefficient (Wildman–Crippen LogP) is 3.43. The van der Waals surface area contributed by atoms with Crippen molar-refractivity contribution >= 4 is 46.0 Å². The summed E-state index contributed by atoms with van der Waals surface area (Å²) in [7, 11) is 2.12. The van der Waals surface area contributed by atoms with Gasteiger partial charge in [0.2, 0.25) is 5.95 Å². The van der Waals surface area contributed by atoms with Crippen molar-refractivity contribution in [3.63, 3.8) is 0 Å². The van der Waals surface area contributed by atoms with E-state index in [4.69, 9.17) is 31.0 Å². The van der Waals surface area contributed by atoms with E-state index in [1.54, 1.807) is 17.9 Å². The Morgan fingerprint density at radius 1 is 1.14 bits per heavy atom. The second kappa shape index (κ2) is 12.9. The summed E-state index contributed by atoms with van der Waals surface area (Å²) < 4.78 is 5.58. The van der Waals surface area contributed by atoms with Gasteiger partial charge in [0.15, 0.2) is 5.84 Å². The fourth-order valence-electron chi connectivity index (χ4n) is 7.66. The lowest BCUT2D eigenvalue weighted by atomic mass is 9.72. The van der Waals surface area contributed by atoms with Crippen LogP contribution in [0.4, 0.5) is 21.6 Å². The molecule has 0 saturated carbocycles. The molecule has 5 heterocycles. The van der Waals surface area contributed by atoms with Gasteiger partial charge in [0.05, 0.1) is 11.0 Å². The SMILES string of the molecule is C[C@H]1CN(C)CCCN1c1nc(/C(N)=N/OC(=O)[C@@]2(C)CCCc3sc(N)c(C#N)c32)cc(N2CCC3(CN(C(=O)OC(C)(C)C)C3)C2)n1. The number of likely N-dealkylation sites (N-methyl/N-ethyl adjacent to an activating group) is 1. The Morgan fingerprint density at radius 2 is 1.90 bits per heavy atom. The zero-order chi connectivity index (χ0) is 35.3. The minimum absolute atomic E-state index is 0.0441. The number of fused-ring (bicyclic) bond motifs is 1. The molecule has 0 aromatic carbocycles. The first-order chi connectivity index (χ1) is 23.1. The van der Waals surface area contributed by atoms with Gasteiger partial charge >= 0.3 is 12.1 Å². The van der Waals surface area contributed by atoms with Gasteiger partial charge in [-0.2, -0.15) is 10.2 Å². The summed E-state index contributed by atoms with van der Waals surface area (Å²) >= 11 is 1.35. The van der Waals surface area contributed by atoms with Gasteiger partial charge in [0.1, 0.15) is 28.2 Å². The highest BCUT2D eigenvalue weighted by atomic mass is 32.1. The average molecular weight is 693 g/mol. The Morgan fingerprint density at radius 3 is 2.61 bits per heavy atom. The fraction of sp³-hybridized carbons (Fsp3) is 0.647. The summed E-state index contributed by atoms with van der Waals surface area (Å²) in [6, 6.07) is 4.12. The van der Waals surface area contributed by atoms with E-state index < -0.39 is 17.0 Å². The highest BCUT2D eigenvalue weighted by Gasteiger charge is 2.51. The maximum atomic E-state index is 13.6. The van der Waals surface area contributed by atoms with E-state index in [1.165, 1.54) is 11.3 Å². The highest BCUT2D eigenvalue weighted by molar-refractivity contribution is 7.16. The molecule has 0 unspecified atom stereocenters. The topological polar surface area (TPSA) is 180 Å². The Kier molecular flexibility index (Phi) is 9.16. The Bertz CT molecular complexity index is 1690. The van der Waals surface area contributed by atoms with E-state index in [0.29, 0.717) is 53.1 Å². The standard InChI is InChI=1S/C34H48N10O4S/c1-21-17-41(6)12-8-13-44(21)30-38-23(15-25(39-30)42-14-11-34(18-42)19-43(20-34)31(46)47-32(2,3)4)27(36)40-48-29(45)33(5)10-7-9-24-26(33)22(16-35)28(37)49-24/h15,21H,7-14,17-20,37H2,1-6H3,(H2,36,40)/t21-,33-/m0/s1. The molecule has 3 aliphatic heterocycles.